The summed E-state index contributed by atoms with van der Waals surface area (Å²) in [6.45, 7) is 2.74. The monoisotopic (exact) mass is 412 g/mol. The number of aryl methyl sites for hydroxylation is 1. The molecule has 0 atom stereocenters. The molecule has 2 aromatic rings. The average Bonchev–Trinajstić information content (AvgIpc) is 3.04. The minimum atomic E-state index is 0. The molecular weight excluding hydrogens is 387 g/mol. The minimum Gasteiger partial charge on any atom is -0.356 e. The van der Waals surface area contributed by atoms with E-state index in [9.17, 15) is 0 Å². The van der Waals surface area contributed by atoms with E-state index in [2.05, 4.69) is 62.9 Å². The number of nitrogens with one attached hydrogen (secondary N) is 2. The van der Waals surface area contributed by atoms with Crippen molar-refractivity contribution in [2.75, 3.05) is 20.1 Å². The molecule has 2 rings (SSSR count). The number of hydrogen-bond donors (Lipinski definition) is 2. The second kappa shape index (κ2) is 11.1. The Balaban J connectivity index is 0.00000242. The molecule has 0 fully saturated rings. The third kappa shape index (κ3) is 6.98. The molecule has 0 aliphatic rings. The van der Waals surface area contributed by atoms with E-state index in [0.29, 0.717) is 0 Å². The summed E-state index contributed by atoms with van der Waals surface area (Å²) in [5, 5.41) is 6.67. The number of aromatic nitrogens is 1. The fourth-order valence-electron chi connectivity index (χ4n) is 2.19. The topological polar surface area (TPSA) is 41.4 Å². The van der Waals surface area contributed by atoms with Crippen LogP contribution in [-0.2, 0) is 13.0 Å². The fraction of sp³-hybridized carbons (Fsp3) is 0.353. The predicted octanol–water partition coefficient (Wildman–Crippen LogP) is 2.90. The van der Waals surface area contributed by atoms with Gasteiger partial charge in [-0.2, -0.15) is 0 Å². The Morgan fingerprint density at radius 2 is 1.68 bits per heavy atom. The number of benzene rings is 1. The maximum Gasteiger partial charge on any atom is 0.191 e. The molecule has 0 amide bonds. The number of guanidine groups is 1. The maximum absolute atomic E-state index is 4.24. The Kier molecular flexibility index (Phi) is 9.37. The van der Waals surface area contributed by atoms with E-state index in [-0.39, 0.29) is 24.0 Å². The smallest absolute Gasteiger partial charge is 0.191 e. The lowest BCUT2D eigenvalue weighted by atomic mass is 10.1. The Morgan fingerprint density at radius 1 is 1.00 bits per heavy atom. The van der Waals surface area contributed by atoms with Gasteiger partial charge >= 0.3 is 0 Å². The molecule has 0 unspecified atom stereocenters. The van der Waals surface area contributed by atoms with Crippen LogP contribution in [0.1, 0.15) is 12.0 Å². The largest absolute Gasteiger partial charge is 0.356 e. The highest BCUT2D eigenvalue weighted by molar-refractivity contribution is 14.0. The number of rotatable bonds is 7. The number of aliphatic imine (C=N–C) groups is 1. The number of nitrogens with zero attached hydrogens (tertiary/aromatic N) is 2. The predicted molar refractivity (Wildman–Crippen MR) is 104 cm³/mol. The van der Waals surface area contributed by atoms with E-state index < -0.39 is 0 Å². The van der Waals surface area contributed by atoms with Crippen LogP contribution >= 0.6 is 24.0 Å². The molecule has 4 nitrogen and oxygen atoms in total. The summed E-state index contributed by atoms with van der Waals surface area (Å²) < 4.78 is 2.15. The van der Waals surface area contributed by atoms with Crippen molar-refractivity contribution in [1.82, 2.24) is 15.2 Å². The normalized spacial score (nSPS) is 10.9. The van der Waals surface area contributed by atoms with Gasteiger partial charge in [0.05, 0.1) is 0 Å². The van der Waals surface area contributed by atoms with Crippen molar-refractivity contribution >= 4 is 29.9 Å². The Morgan fingerprint density at radius 3 is 2.36 bits per heavy atom. The quantitative estimate of drug-likeness (QED) is 0.318. The molecule has 0 spiro atoms. The molecule has 1 aromatic carbocycles. The Labute approximate surface area is 150 Å². The summed E-state index contributed by atoms with van der Waals surface area (Å²) in [6, 6.07) is 14.6. The van der Waals surface area contributed by atoms with Crippen LogP contribution in [0.2, 0.25) is 0 Å². The second-order valence-corrected chi connectivity index (χ2v) is 4.94. The van der Waals surface area contributed by atoms with Crippen molar-refractivity contribution in [1.29, 1.82) is 0 Å². The van der Waals surface area contributed by atoms with Gasteiger partial charge < -0.3 is 15.2 Å². The number of hydrogen-bond acceptors (Lipinski definition) is 1. The van der Waals surface area contributed by atoms with Crippen LogP contribution in [0.4, 0.5) is 0 Å². The van der Waals surface area contributed by atoms with Crippen molar-refractivity contribution in [2.24, 2.45) is 4.99 Å². The molecule has 0 aliphatic carbocycles. The highest BCUT2D eigenvalue weighted by atomic mass is 127. The van der Waals surface area contributed by atoms with Crippen LogP contribution < -0.4 is 10.6 Å². The van der Waals surface area contributed by atoms with E-state index in [4.69, 9.17) is 0 Å². The van der Waals surface area contributed by atoms with Gasteiger partial charge in [0.2, 0.25) is 0 Å². The molecule has 0 radical (unpaired) electrons. The van der Waals surface area contributed by atoms with Crippen molar-refractivity contribution < 1.29 is 0 Å². The summed E-state index contributed by atoms with van der Waals surface area (Å²) >= 11 is 0. The number of halogens is 1. The fourth-order valence-corrected chi connectivity index (χ4v) is 2.19. The minimum absolute atomic E-state index is 0. The molecule has 0 aliphatic heterocycles. The van der Waals surface area contributed by atoms with Crippen molar-refractivity contribution in [3.8, 4) is 0 Å². The van der Waals surface area contributed by atoms with Crippen LogP contribution in [0.5, 0.6) is 0 Å². The molecular formula is C17H25IN4. The first-order valence-corrected chi connectivity index (χ1v) is 7.47. The molecule has 5 heteroatoms. The molecule has 0 saturated heterocycles. The van der Waals surface area contributed by atoms with Crippen LogP contribution in [0, 0.1) is 0 Å². The summed E-state index contributed by atoms with van der Waals surface area (Å²) in [5.41, 5.74) is 1.38. The van der Waals surface area contributed by atoms with Gasteiger partial charge in [-0.3, -0.25) is 4.99 Å². The SMILES string of the molecule is CN=C(NCCCc1ccccc1)NCCn1cccc1.I. The van der Waals surface area contributed by atoms with Crippen LogP contribution in [-0.4, -0.2) is 30.7 Å². The summed E-state index contributed by atoms with van der Waals surface area (Å²) in [7, 11) is 1.81. The molecule has 1 heterocycles. The van der Waals surface area contributed by atoms with Gasteiger partial charge in [0.15, 0.2) is 5.96 Å². The standard InChI is InChI=1S/C17H24N4.HI/c1-18-17(20-12-15-21-13-5-6-14-21)19-11-7-10-16-8-3-2-4-9-16;/h2-6,8-9,13-14H,7,10-12,15H2,1H3,(H2,18,19,20);1H. The van der Waals surface area contributed by atoms with Gasteiger partial charge in [-0.1, -0.05) is 30.3 Å². The lowest BCUT2D eigenvalue weighted by molar-refractivity contribution is 0.661. The highest BCUT2D eigenvalue weighted by Crippen LogP contribution is 2.01. The Bertz CT molecular complexity index is 523. The molecule has 0 bridgehead atoms. The third-order valence-corrected chi connectivity index (χ3v) is 3.33. The zero-order chi connectivity index (χ0) is 14.8. The van der Waals surface area contributed by atoms with Crippen LogP contribution in [0.15, 0.2) is 59.9 Å². The lowest BCUT2D eigenvalue weighted by Crippen LogP contribution is -2.39. The lowest BCUT2D eigenvalue weighted by Gasteiger charge is -2.12. The summed E-state index contributed by atoms with van der Waals surface area (Å²) in [6.07, 6.45) is 6.33. The average molecular weight is 412 g/mol. The van der Waals surface area contributed by atoms with Gasteiger partial charge in [-0.05, 0) is 30.5 Å². The molecule has 120 valence electrons. The van der Waals surface area contributed by atoms with Crippen molar-refractivity contribution in [3.05, 3.63) is 60.4 Å². The van der Waals surface area contributed by atoms with Gasteiger partial charge in [-0.15, -0.1) is 24.0 Å². The van der Waals surface area contributed by atoms with Crippen LogP contribution in [0.25, 0.3) is 0 Å². The van der Waals surface area contributed by atoms with E-state index in [0.717, 1.165) is 38.4 Å². The first kappa shape index (κ1) is 18.5. The van der Waals surface area contributed by atoms with Gasteiger partial charge in [0.25, 0.3) is 0 Å². The van der Waals surface area contributed by atoms with Crippen molar-refractivity contribution in [2.45, 2.75) is 19.4 Å². The molecule has 0 saturated carbocycles. The zero-order valence-electron chi connectivity index (χ0n) is 13.0. The van der Waals surface area contributed by atoms with E-state index in [1.807, 2.05) is 19.2 Å². The molecule has 1 aromatic heterocycles. The van der Waals surface area contributed by atoms with E-state index in [1.165, 1.54) is 5.56 Å². The van der Waals surface area contributed by atoms with Gasteiger partial charge in [-0.25, -0.2) is 0 Å². The molecule has 22 heavy (non-hydrogen) atoms. The first-order chi connectivity index (χ1) is 10.4. The van der Waals surface area contributed by atoms with Crippen LogP contribution in [0.3, 0.4) is 0 Å². The van der Waals surface area contributed by atoms with E-state index in [1.54, 1.807) is 0 Å². The maximum atomic E-state index is 4.24. The highest BCUT2D eigenvalue weighted by Gasteiger charge is 1.97. The summed E-state index contributed by atoms with van der Waals surface area (Å²) in [4.78, 5) is 4.24. The third-order valence-electron chi connectivity index (χ3n) is 3.33. The van der Waals surface area contributed by atoms with Gasteiger partial charge in [0, 0.05) is 39.1 Å². The first-order valence-electron chi connectivity index (χ1n) is 7.47. The Hall–Kier alpha value is -1.50. The molecule has 2 N–H and O–H groups in total. The summed E-state index contributed by atoms with van der Waals surface area (Å²) in [5.74, 6) is 0.871. The zero-order valence-corrected chi connectivity index (χ0v) is 15.4. The van der Waals surface area contributed by atoms with Crippen molar-refractivity contribution in [3.63, 3.8) is 0 Å². The van der Waals surface area contributed by atoms with Gasteiger partial charge in [0.1, 0.15) is 0 Å². The van der Waals surface area contributed by atoms with E-state index >= 15 is 0 Å². The second-order valence-electron chi connectivity index (χ2n) is 4.94.